The SMILES string of the molecule is CC(N)CCC(=O)N[C@@H](C)c1ccccn1. The number of pyridine rings is 1. The first-order valence-corrected chi connectivity index (χ1v) is 5.55. The lowest BCUT2D eigenvalue weighted by atomic mass is 10.1. The van der Waals surface area contributed by atoms with Crippen molar-refractivity contribution >= 4 is 5.91 Å². The maximum absolute atomic E-state index is 11.5. The highest BCUT2D eigenvalue weighted by Crippen LogP contribution is 2.08. The Kier molecular flexibility index (Phi) is 4.92. The molecule has 0 fully saturated rings. The van der Waals surface area contributed by atoms with E-state index >= 15 is 0 Å². The second-order valence-corrected chi connectivity index (χ2v) is 4.06. The Balaban J connectivity index is 2.40. The molecule has 0 aromatic carbocycles. The normalized spacial score (nSPS) is 14.2. The van der Waals surface area contributed by atoms with Gasteiger partial charge < -0.3 is 11.1 Å². The lowest BCUT2D eigenvalue weighted by molar-refractivity contribution is -0.121. The number of nitrogens with zero attached hydrogens (tertiary/aromatic N) is 1. The molecule has 0 saturated heterocycles. The molecule has 4 nitrogen and oxygen atoms in total. The number of carbonyl (C=O) groups is 1. The molecule has 1 heterocycles. The van der Waals surface area contributed by atoms with Crippen LogP contribution in [0.3, 0.4) is 0 Å². The second-order valence-electron chi connectivity index (χ2n) is 4.06. The summed E-state index contributed by atoms with van der Waals surface area (Å²) in [6.07, 6.45) is 2.90. The molecule has 2 atom stereocenters. The van der Waals surface area contributed by atoms with E-state index in [1.54, 1.807) is 6.20 Å². The van der Waals surface area contributed by atoms with Crippen LogP contribution < -0.4 is 11.1 Å². The Morgan fingerprint density at radius 2 is 2.25 bits per heavy atom. The van der Waals surface area contributed by atoms with Gasteiger partial charge in [0.2, 0.25) is 5.91 Å². The third-order valence-corrected chi connectivity index (χ3v) is 2.34. The van der Waals surface area contributed by atoms with E-state index in [4.69, 9.17) is 5.73 Å². The lowest BCUT2D eigenvalue weighted by Crippen LogP contribution is -2.28. The van der Waals surface area contributed by atoms with Gasteiger partial charge in [-0.05, 0) is 32.4 Å². The number of amides is 1. The summed E-state index contributed by atoms with van der Waals surface area (Å²) in [7, 11) is 0. The molecule has 0 aliphatic carbocycles. The zero-order valence-corrected chi connectivity index (χ0v) is 9.81. The van der Waals surface area contributed by atoms with Crippen LogP contribution in [0.25, 0.3) is 0 Å². The molecule has 0 spiro atoms. The Bertz CT molecular complexity index is 324. The molecule has 1 aromatic rings. The Morgan fingerprint density at radius 1 is 1.50 bits per heavy atom. The second kappa shape index (κ2) is 6.23. The molecule has 16 heavy (non-hydrogen) atoms. The number of nitrogens with one attached hydrogen (secondary N) is 1. The van der Waals surface area contributed by atoms with Crippen molar-refractivity contribution < 1.29 is 4.79 Å². The van der Waals surface area contributed by atoms with Crippen molar-refractivity contribution in [2.75, 3.05) is 0 Å². The molecule has 4 heteroatoms. The van der Waals surface area contributed by atoms with Crippen molar-refractivity contribution in [3.63, 3.8) is 0 Å². The maximum Gasteiger partial charge on any atom is 0.220 e. The van der Waals surface area contributed by atoms with E-state index in [2.05, 4.69) is 10.3 Å². The van der Waals surface area contributed by atoms with Gasteiger partial charge in [-0.2, -0.15) is 0 Å². The molecule has 3 N–H and O–H groups in total. The molecule has 0 aliphatic heterocycles. The molecular formula is C12H19N3O. The molecule has 1 unspecified atom stereocenters. The van der Waals surface area contributed by atoms with Gasteiger partial charge in [0.05, 0.1) is 11.7 Å². The molecule has 0 bridgehead atoms. The number of aromatic nitrogens is 1. The average molecular weight is 221 g/mol. The zero-order valence-electron chi connectivity index (χ0n) is 9.81. The van der Waals surface area contributed by atoms with Gasteiger partial charge >= 0.3 is 0 Å². The van der Waals surface area contributed by atoms with Crippen LogP contribution in [0.1, 0.15) is 38.4 Å². The van der Waals surface area contributed by atoms with E-state index in [1.165, 1.54) is 0 Å². The minimum absolute atomic E-state index is 0.0236. The topological polar surface area (TPSA) is 68.0 Å². The van der Waals surface area contributed by atoms with Crippen LogP contribution >= 0.6 is 0 Å². The summed E-state index contributed by atoms with van der Waals surface area (Å²) in [6.45, 7) is 3.82. The van der Waals surface area contributed by atoms with Crippen molar-refractivity contribution in [3.05, 3.63) is 30.1 Å². The molecular weight excluding hydrogens is 202 g/mol. The highest BCUT2D eigenvalue weighted by atomic mass is 16.1. The predicted molar refractivity (Wildman–Crippen MR) is 63.7 cm³/mol. The van der Waals surface area contributed by atoms with Crippen molar-refractivity contribution in [1.82, 2.24) is 10.3 Å². The van der Waals surface area contributed by atoms with Gasteiger partial charge in [0, 0.05) is 18.7 Å². The fraction of sp³-hybridized carbons (Fsp3) is 0.500. The van der Waals surface area contributed by atoms with Crippen molar-refractivity contribution in [2.45, 2.75) is 38.8 Å². The third-order valence-electron chi connectivity index (χ3n) is 2.34. The molecule has 1 rings (SSSR count). The molecule has 1 aromatic heterocycles. The monoisotopic (exact) mass is 221 g/mol. The van der Waals surface area contributed by atoms with E-state index in [1.807, 2.05) is 32.0 Å². The van der Waals surface area contributed by atoms with Crippen molar-refractivity contribution in [3.8, 4) is 0 Å². The summed E-state index contributed by atoms with van der Waals surface area (Å²) in [5, 5.41) is 2.89. The van der Waals surface area contributed by atoms with E-state index in [9.17, 15) is 4.79 Å². The van der Waals surface area contributed by atoms with Gasteiger partial charge in [-0.3, -0.25) is 9.78 Å². The largest absolute Gasteiger partial charge is 0.348 e. The van der Waals surface area contributed by atoms with E-state index in [0.29, 0.717) is 12.8 Å². The summed E-state index contributed by atoms with van der Waals surface area (Å²) < 4.78 is 0. The number of hydrogen-bond acceptors (Lipinski definition) is 3. The first kappa shape index (κ1) is 12.6. The first-order valence-electron chi connectivity index (χ1n) is 5.55. The van der Waals surface area contributed by atoms with E-state index < -0.39 is 0 Å². The lowest BCUT2D eigenvalue weighted by Gasteiger charge is -2.13. The van der Waals surface area contributed by atoms with Crippen LogP contribution in [0.15, 0.2) is 24.4 Å². The fourth-order valence-electron chi connectivity index (χ4n) is 1.38. The first-order chi connectivity index (χ1) is 7.59. The van der Waals surface area contributed by atoms with Crippen molar-refractivity contribution in [2.24, 2.45) is 5.73 Å². The molecule has 0 saturated carbocycles. The summed E-state index contributed by atoms with van der Waals surface area (Å²) in [6, 6.07) is 5.68. The van der Waals surface area contributed by atoms with Crippen LogP contribution in [0.4, 0.5) is 0 Å². The van der Waals surface area contributed by atoms with Gasteiger partial charge in [-0.25, -0.2) is 0 Å². The van der Waals surface area contributed by atoms with Crippen LogP contribution in [0.2, 0.25) is 0 Å². The molecule has 0 aliphatic rings. The standard InChI is InChI=1S/C12H19N3O/c1-9(13)6-7-12(16)15-10(2)11-5-3-4-8-14-11/h3-5,8-10H,6-7,13H2,1-2H3,(H,15,16)/t9?,10-/m0/s1. The average Bonchev–Trinajstić information content (AvgIpc) is 2.27. The minimum Gasteiger partial charge on any atom is -0.348 e. The third kappa shape index (κ3) is 4.40. The van der Waals surface area contributed by atoms with Crippen LogP contribution in [0, 0.1) is 0 Å². The summed E-state index contributed by atoms with van der Waals surface area (Å²) in [4.78, 5) is 15.7. The van der Waals surface area contributed by atoms with Crippen LogP contribution in [-0.4, -0.2) is 16.9 Å². The van der Waals surface area contributed by atoms with Gasteiger partial charge in [0.25, 0.3) is 0 Å². The Hall–Kier alpha value is -1.42. The summed E-state index contributed by atoms with van der Waals surface area (Å²) in [5.74, 6) is 0.0236. The zero-order chi connectivity index (χ0) is 12.0. The van der Waals surface area contributed by atoms with Gasteiger partial charge in [0.1, 0.15) is 0 Å². The number of carbonyl (C=O) groups excluding carboxylic acids is 1. The number of hydrogen-bond donors (Lipinski definition) is 2. The van der Waals surface area contributed by atoms with E-state index in [-0.39, 0.29) is 18.0 Å². The quantitative estimate of drug-likeness (QED) is 0.789. The summed E-state index contributed by atoms with van der Waals surface area (Å²) >= 11 is 0. The summed E-state index contributed by atoms with van der Waals surface area (Å²) in [5.41, 5.74) is 6.46. The smallest absolute Gasteiger partial charge is 0.220 e. The van der Waals surface area contributed by atoms with E-state index in [0.717, 1.165) is 5.69 Å². The van der Waals surface area contributed by atoms with Crippen LogP contribution in [-0.2, 0) is 4.79 Å². The molecule has 88 valence electrons. The van der Waals surface area contributed by atoms with Gasteiger partial charge in [-0.1, -0.05) is 6.07 Å². The minimum atomic E-state index is -0.0539. The fourth-order valence-corrected chi connectivity index (χ4v) is 1.38. The predicted octanol–water partition coefficient (Wildman–Crippen LogP) is 1.39. The number of nitrogens with two attached hydrogens (primary N) is 1. The van der Waals surface area contributed by atoms with Crippen LogP contribution in [0.5, 0.6) is 0 Å². The van der Waals surface area contributed by atoms with Gasteiger partial charge in [0.15, 0.2) is 0 Å². The Morgan fingerprint density at radius 3 is 2.81 bits per heavy atom. The highest BCUT2D eigenvalue weighted by Gasteiger charge is 2.10. The molecule has 1 amide bonds. The van der Waals surface area contributed by atoms with Crippen molar-refractivity contribution in [1.29, 1.82) is 0 Å². The highest BCUT2D eigenvalue weighted by molar-refractivity contribution is 5.76. The van der Waals surface area contributed by atoms with Gasteiger partial charge in [-0.15, -0.1) is 0 Å². The molecule has 0 radical (unpaired) electrons. The maximum atomic E-state index is 11.5. The number of rotatable bonds is 5. The Labute approximate surface area is 96.3 Å².